The maximum atomic E-state index is 13.2. The van der Waals surface area contributed by atoms with Crippen LogP contribution < -0.4 is 5.56 Å². The quantitative estimate of drug-likeness (QED) is 0.807. The van der Waals surface area contributed by atoms with Gasteiger partial charge in [-0.2, -0.15) is 27.1 Å². The summed E-state index contributed by atoms with van der Waals surface area (Å²) in [7, 11) is 0. The van der Waals surface area contributed by atoms with Crippen LogP contribution in [0.5, 0.6) is 0 Å². The molecule has 0 saturated heterocycles. The second kappa shape index (κ2) is 5.74. The monoisotopic (exact) mass is 336 g/mol. The zero-order valence-electron chi connectivity index (χ0n) is 12.2. The Morgan fingerprint density at radius 1 is 1.22 bits per heavy atom. The van der Waals surface area contributed by atoms with E-state index in [0.29, 0.717) is 11.9 Å². The maximum Gasteiger partial charge on any atom is 0.458 e. The molecule has 0 aromatic carbocycles. The Labute approximate surface area is 127 Å². The van der Waals surface area contributed by atoms with Gasteiger partial charge in [-0.3, -0.25) is 4.79 Å². The van der Waals surface area contributed by atoms with Gasteiger partial charge in [-0.1, -0.05) is 0 Å². The minimum Gasteiger partial charge on any atom is -0.308 e. The summed E-state index contributed by atoms with van der Waals surface area (Å²) in [6, 6.07) is 0.811. The number of pyridine rings is 1. The molecule has 0 amide bonds. The van der Waals surface area contributed by atoms with Crippen LogP contribution in [-0.2, 0) is 12.5 Å². The summed E-state index contributed by atoms with van der Waals surface area (Å²) in [6.07, 6.45) is -3.60. The predicted molar refractivity (Wildman–Crippen MR) is 70.2 cm³/mol. The first kappa shape index (κ1) is 17.1. The molecule has 23 heavy (non-hydrogen) atoms. The highest BCUT2D eigenvalue weighted by atomic mass is 19.4. The predicted octanol–water partition coefficient (Wildman–Crippen LogP) is 2.72. The Kier molecular flexibility index (Phi) is 4.27. The minimum absolute atomic E-state index is 0.0444. The van der Waals surface area contributed by atoms with E-state index < -0.39 is 23.2 Å². The van der Waals surface area contributed by atoms with Gasteiger partial charge in [0.1, 0.15) is 12.2 Å². The Bertz CT molecular complexity index is 747. The third kappa shape index (κ3) is 3.25. The van der Waals surface area contributed by atoms with Crippen LogP contribution in [0.2, 0.25) is 0 Å². The van der Waals surface area contributed by atoms with Crippen LogP contribution in [-0.4, -0.2) is 25.5 Å². The first-order valence-electron chi connectivity index (χ1n) is 6.58. The van der Waals surface area contributed by atoms with Crippen molar-refractivity contribution in [2.24, 2.45) is 0 Å². The normalized spacial score (nSPS) is 12.9. The maximum absolute atomic E-state index is 13.2. The number of aromatic nitrogens is 4. The van der Waals surface area contributed by atoms with Gasteiger partial charge < -0.3 is 4.57 Å². The number of rotatable bonds is 4. The lowest BCUT2D eigenvalue weighted by Gasteiger charge is -2.20. The Balaban J connectivity index is 2.34. The highest BCUT2D eigenvalue weighted by Gasteiger charge is 2.58. The lowest BCUT2D eigenvalue weighted by Crippen LogP contribution is -2.35. The molecule has 126 valence electrons. The van der Waals surface area contributed by atoms with E-state index in [9.17, 15) is 26.7 Å². The van der Waals surface area contributed by atoms with Crippen molar-refractivity contribution in [2.45, 2.75) is 38.5 Å². The molecule has 10 heteroatoms. The Hall–Kier alpha value is -2.26. The summed E-state index contributed by atoms with van der Waals surface area (Å²) >= 11 is 0. The van der Waals surface area contributed by atoms with E-state index in [0.717, 1.165) is 10.8 Å². The van der Waals surface area contributed by atoms with E-state index in [1.54, 1.807) is 0 Å². The zero-order valence-corrected chi connectivity index (χ0v) is 12.2. The Morgan fingerprint density at radius 2 is 1.87 bits per heavy atom. The van der Waals surface area contributed by atoms with E-state index in [4.69, 9.17) is 0 Å². The molecule has 0 radical (unpaired) electrons. The van der Waals surface area contributed by atoms with Crippen molar-refractivity contribution in [1.82, 2.24) is 19.3 Å². The van der Waals surface area contributed by atoms with Crippen molar-refractivity contribution in [3.8, 4) is 0 Å². The molecule has 0 bridgehead atoms. The molecule has 0 spiro atoms. The molecule has 0 atom stereocenters. The highest BCUT2D eigenvalue weighted by Crippen LogP contribution is 2.43. The summed E-state index contributed by atoms with van der Waals surface area (Å²) in [6.45, 7) is 3.57. The SMILES string of the molecule is CC(C)n1ncnc1Cn1ccc(C(F)(F)C(F)(F)F)cc1=O. The van der Waals surface area contributed by atoms with E-state index in [-0.39, 0.29) is 18.7 Å². The van der Waals surface area contributed by atoms with Crippen LogP contribution in [0.1, 0.15) is 31.3 Å². The number of nitrogens with zero attached hydrogens (tertiary/aromatic N) is 4. The van der Waals surface area contributed by atoms with Gasteiger partial charge in [0.05, 0.1) is 6.54 Å². The average Bonchev–Trinajstić information content (AvgIpc) is 2.88. The zero-order chi connectivity index (χ0) is 17.4. The number of halogens is 5. The summed E-state index contributed by atoms with van der Waals surface area (Å²) in [5, 5.41) is 3.95. The van der Waals surface area contributed by atoms with Crippen molar-refractivity contribution >= 4 is 0 Å². The van der Waals surface area contributed by atoms with Crippen LogP contribution in [0.4, 0.5) is 22.0 Å². The van der Waals surface area contributed by atoms with Crippen molar-refractivity contribution in [3.05, 3.63) is 46.4 Å². The second-order valence-electron chi connectivity index (χ2n) is 5.17. The first-order chi connectivity index (χ1) is 10.5. The molecule has 0 fully saturated rings. The van der Waals surface area contributed by atoms with Crippen molar-refractivity contribution in [3.63, 3.8) is 0 Å². The molecule has 2 aromatic heterocycles. The largest absolute Gasteiger partial charge is 0.458 e. The average molecular weight is 336 g/mol. The van der Waals surface area contributed by atoms with Gasteiger partial charge in [0, 0.05) is 23.9 Å². The molecular weight excluding hydrogens is 323 g/mol. The van der Waals surface area contributed by atoms with Gasteiger partial charge in [-0.25, -0.2) is 9.67 Å². The summed E-state index contributed by atoms with van der Waals surface area (Å²) in [5.41, 5.74) is -2.37. The second-order valence-corrected chi connectivity index (χ2v) is 5.17. The van der Waals surface area contributed by atoms with Gasteiger partial charge >= 0.3 is 12.1 Å². The van der Waals surface area contributed by atoms with E-state index in [1.165, 1.54) is 11.0 Å². The molecular formula is C13H13F5N4O. The van der Waals surface area contributed by atoms with Gasteiger partial charge in [0.2, 0.25) is 0 Å². The van der Waals surface area contributed by atoms with Crippen molar-refractivity contribution in [2.75, 3.05) is 0 Å². The lowest BCUT2D eigenvalue weighted by atomic mass is 10.1. The van der Waals surface area contributed by atoms with Crippen LogP contribution in [0.25, 0.3) is 0 Å². The van der Waals surface area contributed by atoms with Crippen molar-refractivity contribution < 1.29 is 22.0 Å². The molecule has 0 aliphatic rings. The third-order valence-electron chi connectivity index (χ3n) is 3.16. The fourth-order valence-electron chi connectivity index (χ4n) is 1.97. The third-order valence-corrected chi connectivity index (χ3v) is 3.16. The first-order valence-corrected chi connectivity index (χ1v) is 6.58. The molecule has 0 unspecified atom stereocenters. The topological polar surface area (TPSA) is 52.7 Å². The van der Waals surface area contributed by atoms with Crippen molar-refractivity contribution in [1.29, 1.82) is 0 Å². The molecule has 0 N–H and O–H groups in total. The highest BCUT2D eigenvalue weighted by molar-refractivity contribution is 5.19. The fraction of sp³-hybridized carbons (Fsp3) is 0.462. The number of hydrogen-bond acceptors (Lipinski definition) is 3. The molecule has 2 rings (SSSR count). The van der Waals surface area contributed by atoms with E-state index in [2.05, 4.69) is 10.1 Å². The summed E-state index contributed by atoms with van der Waals surface area (Å²) in [5.74, 6) is -4.69. The van der Waals surface area contributed by atoms with Gasteiger partial charge in [-0.15, -0.1) is 0 Å². The Morgan fingerprint density at radius 3 is 2.39 bits per heavy atom. The van der Waals surface area contributed by atoms with Gasteiger partial charge in [0.25, 0.3) is 5.56 Å². The van der Waals surface area contributed by atoms with E-state index in [1.807, 2.05) is 13.8 Å². The van der Waals surface area contributed by atoms with E-state index >= 15 is 0 Å². The van der Waals surface area contributed by atoms with Crippen LogP contribution >= 0.6 is 0 Å². The molecule has 0 aliphatic carbocycles. The number of hydrogen-bond donors (Lipinski definition) is 0. The van der Waals surface area contributed by atoms with Gasteiger partial charge in [-0.05, 0) is 19.9 Å². The summed E-state index contributed by atoms with van der Waals surface area (Å²) < 4.78 is 65.9. The minimum atomic E-state index is -5.76. The lowest BCUT2D eigenvalue weighted by molar-refractivity contribution is -0.289. The number of alkyl halides is 5. The van der Waals surface area contributed by atoms with Crippen LogP contribution in [0.3, 0.4) is 0 Å². The summed E-state index contributed by atoms with van der Waals surface area (Å²) in [4.78, 5) is 15.8. The van der Waals surface area contributed by atoms with Crippen LogP contribution in [0, 0.1) is 0 Å². The fourth-order valence-corrected chi connectivity index (χ4v) is 1.97. The smallest absolute Gasteiger partial charge is 0.308 e. The standard InChI is InChI=1S/C13H13F5N4O/c1-8(2)22-10(19-7-20-22)6-21-4-3-9(5-11(21)23)12(14,15)13(16,17)18/h3-5,7-8H,6H2,1-2H3. The molecule has 0 aliphatic heterocycles. The molecule has 5 nitrogen and oxygen atoms in total. The molecule has 0 saturated carbocycles. The van der Waals surface area contributed by atoms with Gasteiger partial charge in [0.15, 0.2) is 0 Å². The molecule has 2 aromatic rings. The molecule has 2 heterocycles. The van der Waals surface area contributed by atoms with Crippen LogP contribution in [0.15, 0.2) is 29.5 Å².